The summed E-state index contributed by atoms with van der Waals surface area (Å²) in [5, 5.41) is 8.05. The van der Waals surface area contributed by atoms with Gasteiger partial charge in [-0.1, -0.05) is 0 Å². The van der Waals surface area contributed by atoms with Gasteiger partial charge in [-0.3, -0.25) is 0 Å². The molecule has 0 saturated heterocycles. The Labute approximate surface area is 97.2 Å². The molecule has 0 aromatic carbocycles. The normalized spacial score (nSPS) is 18.6. The van der Waals surface area contributed by atoms with Gasteiger partial charge in [0.15, 0.2) is 0 Å². The zero-order valence-electron chi connectivity index (χ0n) is 10.7. The van der Waals surface area contributed by atoms with Gasteiger partial charge in [-0.15, -0.1) is 0 Å². The van der Waals surface area contributed by atoms with Crippen molar-refractivity contribution in [2.75, 3.05) is 11.1 Å². The number of aromatic nitrogens is 2. The summed E-state index contributed by atoms with van der Waals surface area (Å²) in [5.41, 5.74) is 8.01. The molecular formula is C12H22N4. The number of rotatable bonds is 3. The fourth-order valence-corrected chi connectivity index (χ4v) is 2.18. The maximum absolute atomic E-state index is 6.08. The van der Waals surface area contributed by atoms with Crippen LogP contribution in [0.3, 0.4) is 0 Å². The number of hydrogen-bond acceptors (Lipinski definition) is 3. The third kappa shape index (κ3) is 1.77. The fraction of sp³-hybridized carbons (Fsp3) is 0.750. The Morgan fingerprint density at radius 3 is 2.50 bits per heavy atom. The van der Waals surface area contributed by atoms with E-state index in [0.29, 0.717) is 6.04 Å². The van der Waals surface area contributed by atoms with Gasteiger partial charge < -0.3 is 11.1 Å². The lowest BCUT2D eigenvalue weighted by Crippen LogP contribution is -2.42. The Kier molecular flexibility index (Phi) is 2.60. The molecule has 4 nitrogen and oxygen atoms in total. The second-order valence-electron chi connectivity index (χ2n) is 5.43. The van der Waals surface area contributed by atoms with Crippen molar-refractivity contribution in [2.24, 2.45) is 0 Å². The van der Waals surface area contributed by atoms with Crippen LogP contribution in [-0.4, -0.2) is 15.3 Å². The number of nitrogens with two attached hydrogens (primary N) is 1. The molecule has 0 radical (unpaired) electrons. The molecule has 90 valence electrons. The Hall–Kier alpha value is -1.19. The molecule has 0 atom stereocenters. The van der Waals surface area contributed by atoms with E-state index >= 15 is 0 Å². The fourth-order valence-electron chi connectivity index (χ4n) is 2.18. The highest BCUT2D eigenvalue weighted by Crippen LogP contribution is 2.37. The van der Waals surface area contributed by atoms with Gasteiger partial charge in [0, 0.05) is 11.6 Å². The van der Waals surface area contributed by atoms with Gasteiger partial charge in [0.25, 0.3) is 0 Å². The minimum atomic E-state index is 0.216. The molecule has 1 aromatic heterocycles. The molecular weight excluding hydrogens is 200 g/mol. The van der Waals surface area contributed by atoms with Crippen LogP contribution in [0.4, 0.5) is 11.5 Å². The Bertz CT molecular complexity index is 388. The molecule has 1 aromatic rings. The zero-order chi connectivity index (χ0) is 11.9. The summed E-state index contributed by atoms with van der Waals surface area (Å²) >= 11 is 0. The summed E-state index contributed by atoms with van der Waals surface area (Å²) in [4.78, 5) is 0. The van der Waals surface area contributed by atoms with Crippen LogP contribution in [0.15, 0.2) is 0 Å². The van der Waals surface area contributed by atoms with Gasteiger partial charge in [0.1, 0.15) is 5.82 Å². The van der Waals surface area contributed by atoms with Gasteiger partial charge >= 0.3 is 0 Å². The van der Waals surface area contributed by atoms with Crippen LogP contribution in [-0.2, 0) is 0 Å². The summed E-state index contributed by atoms with van der Waals surface area (Å²) < 4.78 is 1.99. The molecule has 1 heterocycles. The van der Waals surface area contributed by atoms with Gasteiger partial charge in [-0.2, -0.15) is 5.10 Å². The smallest absolute Gasteiger partial charge is 0.148 e. The molecule has 1 saturated carbocycles. The maximum Gasteiger partial charge on any atom is 0.148 e. The van der Waals surface area contributed by atoms with Crippen molar-refractivity contribution in [2.45, 2.75) is 58.5 Å². The second kappa shape index (κ2) is 3.68. The van der Waals surface area contributed by atoms with Gasteiger partial charge in [0.2, 0.25) is 0 Å². The molecule has 1 fully saturated rings. The Morgan fingerprint density at radius 1 is 1.44 bits per heavy atom. The minimum Gasteiger partial charge on any atom is -0.394 e. The van der Waals surface area contributed by atoms with Crippen LogP contribution in [0.2, 0.25) is 0 Å². The maximum atomic E-state index is 6.08. The lowest BCUT2D eigenvalue weighted by Gasteiger charge is -2.40. The van der Waals surface area contributed by atoms with E-state index in [1.807, 2.05) is 11.6 Å². The molecule has 3 N–H and O–H groups in total. The first kappa shape index (κ1) is 11.3. The van der Waals surface area contributed by atoms with Crippen molar-refractivity contribution < 1.29 is 0 Å². The van der Waals surface area contributed by atoms with E-state index in [2.05, 4.69) is 31.2 Å². The molecule has 0 amide bonds. The summed E-state index contributed by atoms with van der Waals surface area (Å²) in [7, 11) is 0. The summed E-state index contributed by atoms with van der Waals surface area (Å²) in [6, 6.07) is 0.335. The lowest BCUT2D eigenvalue weighted by atomic mass is 9.78. The van der Waals surface area contributed by atoms with E-state index in [9.17, 15) is 0 Å². The number of nitrogen functional groups attached to an aromatic ring is 1. The van der Waals surface area contributed by atoms with Crippen LogP contribution in [0, 0.1) is 6.92 Å². The molecule has 16 heavy (non-hydrogen) atoms. The van der Waals surface area contributed by atoms with E-state index in [1.54, 1.807) is 0 Å². The number of aryl methyl sites for hydroxylation is 1. The molecule has 0 bridgehead atoms. The number of anilines is 2. The van der Waals surface area contributed by atoms with Crippen molar-refractivity contribution in [3.63, 3.8) is 0 Å². The van der Waals surface area contributed by atoms with E-state index in [1.165, 1.54) is 19.3 Å². The molecule has 4 heteroatoms. The van der Waals surface area contributed by atoms with Crippen LogP contribution in [0.5, 0.6) is 0 Å². The number of hydrogen-bond donors (Lipinski definition) is 2. The van der Waals surface area contributed by atoms with Crippen molar-refractivity contribution in [1.82, 2.24) is 9.78 Å². The van der Waals surface area contributed by atoms with E-state index in [-0.39, 0.29) is 5.54 Å². The topological polar surface area (TPSA) is 55.9 Å². The Balaban J connectivity index is 2.31. The van der Waals surface area contributed by atoms with Crippen LogP contribution in [0.1, 0.15) is 51.8 Å². The van der Waals surface area contributed by atoms with Crippen molar-refractivity contribution >= 4 is 11.5 Å². The molecule has 0 spiro atoms. The minimum absolute atomic E-state index is 0.216. The highest BCUT2D eigenvalue weighted by Gasteiger charge is 2.33. The molecule has 0 unspecified atom stereocenters. The first-order chi connectivity index (χ1) is 7.43. The van der Waals surface area contributed by atoms with Gasteiger partial charge in [-0.05, 0) is 47.0 Å². The van der Waals surface area contributed by atoms with Crippen LogP contribution in [0.25, 0.3) is 0 Å². The Morgan fingerprint density at radius 2 is 2.06 bits per heavy atom. The largest absolute Gasteiger partial charge is 0.394 e. The van der Waals surface area contributed by atoms with Crippen molar-refractivity contribution in [3.05, 3.63) is 5.69 Å². The summed E-state index contributed by atoms with van der Waals surface area (Å²) in [6.07, 6.45) is 3.74. The SMILES string of the molecule is Cc1nn(C(C)C)c(NC2(C)CCC2)c1N. The predicted molar refractivity (Wildman–Crippen MR) is 67.6 cm³/mol. The standard InChI is InChI=1S/C12H22N4/c1-8(2)16-11(10(13)9(3)15-16)14-12(4)6-5-7-12/h8,14H,5-7,13H2,1-4H3. The lowest BCUT2D eigenvalue weighted by molar-refractivity contribution is 0.303. The third-order valence-corrected chi connectivity index (χ3v) is 3.50. The predicted octanol–water partition coefficient (Wildman–Crippen LogP) is 2.71. The van der Waals surface area contributed by atoms with E-state index in [0.717, 1.165) is 17.2 Å². The van der Waals surface area contributed by atoms with E-state index < -0.39 is 0 Å². The quantitative estimate of drug-likeness (QED) is 0.826. The number of nitrogens with zero attached hydrogens (tertiary/aromatic N) is 2. The monoisotopic (exact) mass is 222 g/mol. The first-order valence-electron chi connectivity index (χ1n) is 6.06. The third-order valence-electron chi connectivity index (χ3n) is 3.50. The average molecular weight is 222 g/mol. The highest BCUT2D eigenvalue weighted by atomic mass is 15.4. The van der Waals surface area contributed by atoms with Crippen LogP contribution < -0.4 is 11.1 Å². The van der Waals surface area contributed by atoms with Crippen molar-refractivity contribution in [1.29, 1.82) is 0 Å². The highest BCUT2D eigenvalue weighted by molar-refractivity contribution is 5.66. The van der Waals surface area contributed by atoms with Gasteiger partial charge in [0.05, 0.1) is 11.4 Å². The summed E-state index contributed by atoms with van der Waals surface area (Å²) in [5.74, 6) is 0.995. The number of nitrogens with one attached hydrogen (secondary N) is 1. The first-order valence-corrected chi connectivity index (χ1v) is 6.06. The molecule has 1 aliphatic carbocycles. The average Bonchev–Trinajstić information content (AvgIpc) is 2.43. The van der Waals surface area contributed by atoms with Gasteiger partial charge in [-0.25, -0.2) is 4.68 Å². The zero-order valence-corrected chi connectivity index (χ0v) is 10.7. The second-order valence-corrected chi connectivity index (χ2v) is 5.43. The van der Waals surface area contributed by atoms with E-state index in [4.69, 9.17) is 5.73 Å². The molecule has 2 rings (SSSR count). The van der Waals surface area contributed by atoms with Crippen molar-refractivity contribution in [3.8, 4) is 0 Å². The molecule has 0 aliphatic heterocycles. The molecule has 1 aliphatic rings. The summed E-state index contributed by atoms with van der Waals surface area (Å²) in [6.45, 7) is 8.46. The van der Waals surface area contributed by atoms with Crippen LogP contribution >= 0.6 is 0 Å².